The second-order valence-corrected chi connectivity index (χ2v) is 5.05. The van der Waals surface area contributed by atoms with Crippen molar-refractivity contribution >= 4 is 17.8 Å². The molecule has 2 N–H and O–H groups in total. The lowest BCUT2D eigenvalue weighted by atomic mass is 10.1. The summed E-state index contributed by atoms with van der Waals surface area (Å²) >= 11 is 0. The number of nitrogens with one attached hydrogen (secondary N) is 2. The number of benzene rings is 2. The highest BCUT2D eigenvalue weighted by molar-refractivity contribution is 5.95. The number of hydrogen-bond donors (Lipinski definition) is 2. The fourth-order valence-electron chi connectivity index (χ4n) is 1.93. The maximum atomic E-state index is 11.7. The number of carbonyl (C=O) groups excluding carboxylic acids is 3. The normalized spacial score (nSPS) is 9.80. The molecule has 0 spiro atoms. The molecule has 2 rings (SSSR count). The molecule has 2 amide bonds. The minimum Gasteiger partial charge on any atom is -0.497 e. The molecule has 0 atom stereocenters. The van der Waals surface area contributed by atoms with Gasteiger partial charge in [0.1, 0.15) is 5.75 Å². The predicted molar refractivity (Wildman–Crippen MR) is 89.7 cm³/mol. The average molecular weight is 342 g/mol. The first kappa shape index (κ1) is 18.0. The number of ether oxygens (including phenoxy) is 2. The molecular formula is C18H18N2O5. The molecule has 0 aromatic heterocycles. The molecule has 25 heavy (non-hydrogen) atoms. The third kappa shape index (κ3) is 5.98. The Hall–Kier alpha value is -3.35. The summed E-state index contributed by atoms with van der Waals surface area (Å²) in [5, 5.41) is 0. The van der Waals surface area contributed by atoms with Crippen molar-refractivity contribution in [2.45, 2.75) is 6.42 Å². The van der Waals surface area contributed by atoms with Gasteiger partial charge in [-0.2, -0.15) is 0 Å². The van der Waals surface area contributed by atoms with E-state index in [1.54, 1.807) is 61.7 Å². The van der Waals surface area contributed by atoms with E-state index in [4.69, 9.17) is 9.47 Å². The quantitative estimate of drug-likeness (QED) is 0.608. The Morgan fingerprint density at radius 3 is 2.24 bits per heavy atom. The first-order valence-corrected chi connectivity index (χ1v) is 7.51. The summed E-state index contributed by atoms with van der Waals surface area (Å²) in [6, 6.07) is 15.3. The number of carbonyl (C=O) groups is 3. The molecule has 0 saturated carbocycles. The summed E-state index contributed by atoms with van der Waals surface area (Å²) in [5.41, 5.74) is 5.57. The standard InChI is InChI=1S/C18H18N2O5/c1-24-15-9-7-13(8-10-15)11-17(22)25-12-16(21)19-20-18(23)14-5-3-2-4-6-14/h2-10H,11-12H2,1H3,(H,19,21)(H,20,23). The number of hydrogen-bond acceptors (Lipinski definition) is 5. The monoisotopic (exact) mass is 342 g/mol. The van der Waals surface area contributed by atoms with Gasteiger partial charge in [0.15, 0.2) is 6.61 Å². The van der Waals surface area contributed by atoms with Crippen molar-refractivity contribution in [1.29, 1.82) is 0 Å². The van der Waals surface area contributed by atoms with E-state index in [2.05, 4.69) is 10.9 Å². The maximum Gasteiger partial charge on any atom is 0.310 e. The molecule has 0 aliphatic carbocycles. The molecule has 2 aromatic carbocycles. The van der Waals surface area contributed by atoms with E-state index in [9.17, 15) is 14.4 Å². The second kappa shape index (κ2) is 9.07. The third-order valence-electron chi connectivity index (χ3n) is 3.22. The van der Waals surface area contributed by atoms with Gasteiger partial charge < -0.3 is 9.47 Å². The van der Waals surface area contributed by atoms with Gasteiger partial charge in [0, 0.05) is 5.56 Å². The molecule has 0 radical (unpaired) electrons. The molecule has 0 bridgehead atoms. The van der Waals surface area contributed by atoms with Gasteiger partial charge in [0.25, 0.3) is 11.8 Å². The van der Waals surface area contributed by atoms with Gasteiger partial charge in [0.05, 0.1) is 13.5 Å². The van der Waals surface area contributed by atoms with Crippen molar-refractivity contribution in [2.75, 3.05) is 13.7 Å². The summed E-state index contributed by atoms with van der Waals surface area (Å²) in [5.74, 6) is -0.953. The fourth-order valence-corrected chi connectivity index (χ4v) is 1.93. The van der Waals surface area contributed by atoms with Crippen LogP contribution in [0.3, 0.4) is 0 Å². The molecule has 130 valence electrons. The molecule has 0 heterocycles. The summed E-state index contributed by atoms with van der Waals surface area (Å²) in [6.07, 6.45) is 0.0354. The van der Waals surface area contributed by atoms with Crippen molar-refractivity contribution in [3.8, 4) is 5.75 Å². The topological polar surface area (TPSA) is 93.7 Å². The van der Waals surface area contributed by atoms with Gasteiger partial charge >= 0.3 is 5.97 Å². The molecule has 0 aliphatic rings. The zero-order valence-electron chi connectivity index (χ0n) is 13.7. The number of methoxy groups -OCH3 is 1. The van der Waals surface area contributed by atoms with Crippen LogP contribution in [-0.2, 0) is 20.7 Å². The van der Waals surface area contributed by atoms with E-state index in [1.807, 2.05) is 0 Å². The Balaban J connectivity index is 1.70. The van der Waals surface area contributed by atoms with Crippen LogP contribution >= 0.6 is 0 Å². The highest BCUT2D eigenvalue weighted by Gasteiger charge is 2.10. The van der Waals surface area contributed by atoms with E-state index in [-0.39, 0.29) is 6.42 Å². The second-order valence-electron chi connectivity index (χ2n) is 5.05. The first-order chi connectivity index (χ1) is 12.1. The molecule has 7 nitrogen and oxygen atoms in total. The van der Waals surface area contributed by atoms with Crippen LogP contribution in [0, 0.1) is 0 Å². The highest BCUT2D eigenvalue weighted by Crippen LogP contribution is 2.11. The summed E-state index contributed by atoms with van der Waals surface area (Å²) in [4.78, 5) is 35.0. The van der Waals surface area contributed by atoms with Crippen LogP contribution in [0.5, 0.6) is 5.75 Å². The summed E-state index contributed by atoms with van der Waals surface area (Å²) in [6.45, 7) is -0.482. The zero-order chi connectivity index (χ0) is 18.1. The van der Waals surface area contributed by atoms with Crippen LogP contribution in [0.15, 0.2) is 54.6 Å². The van der Waals surface area contributed by atoms with E-state index < -0.39 is 24.4 Å². The van der Waals surface area contributed by atoms with Gasteiger partial charge in [-0.1, -0.05) is 30.3 Å². The highest BCUT2D eigenvalue weighted by atomic mass is 16.5. The Bertz CT molecular complexity index is 729. The number of hydrazine groups is 1. The van der Waals surface area contributed by atoms with Crippen molar-refractivity contribution in [2.24, 2.45) is 0 Å². The Morgan fingerprint density at radius 1 is 0.920 bits per heavy atom. The first-order valence-electron chi connectivity index (χ1n) is 7.51. The van der Waals surface area contributed by atoms with Crippen LogP contribution < -0.4 is 15.6 Å². The van der Waals surface area contributed by atoms with Crippen molar-refractivity contribution in [1.82, 2.24) is 10.9 Å². The van der Waals surface area contributed by atoms with Crippen LogP contribution in [0.2, 0.25) is 0 Å². The summed E-state index contributed by atoms with van der Waals surface area (Å²) < 4.78 is 9.90. The minimum absolute atomic E-state index is 0.0354. The minimum atomic E-state index is -0.632. The lowest BCUT2D eigenvalue weighted by Gasteiger charge is -2.08. The van der Waals surface area contributed by atoms with Crippen LogP contribution in [0.25, 0.3) is 0 Å². The van der Waals surface area contributed by atoms with Gasteiger partial charge in [-0.05, 0) is 29.8 Å². The lowest BCUT2D eigenvalue weighted by molar-refractivity contribution is -0.148. The predicted octanol–water partition coefficient (Wildman–Crippen LogP) is 1.24. The number of esters is 1. The Kier molecular flexibility index (Phi) is 6.53. The van der Waals surface area contributed by atoms with Crippen LogP contribution in [0.4, 0.5) is 0 Å². The molecule has 0 aliphatic heterocycles. The van der Waals surface area contributed by atoms with Crippen molar-refractivity contribution in [3.63, 3.8) is 0 Å². The largest absolute Gasteiger partial charge is 0.497 e. The molecule has 7 heteroatoms. The van der Waals surface area contributed by atoms with E-state index >= 15 is 0 Å². The van der Waals surface area contributed by atoms with Gasteiger partial charge in [0.2, 0.25) is 0 Å². The Labute approximate surface area is 144 Å². The Morgan fingerprint density at radius 2 is 1.60 bits per heavy atom. The molecule has 0 unspecified atom stereocenters. The van der Waals surface area contributed by atoms with E-state index in [1.165, 1.54) is 0 Å². The number of rotatable bonds is 6. The molecular weight excluding hydrogens is 324 g/mol. The fraction of sp³-hybridized carbons (Fsp3) is 0.167. The van der Waals surface area contributed by atoms with E-state index in [0.29, 0.717) is 11.3 Å². The van der Waals surface area contributed by atoms with Crippen molar-refractivity contribution in [3.05, 3.63) is 65.7 Å². The molecule has 0 fully saturated rings. The average Bonchev–Trinajstić information content (AvgIpc) is 2.65. The van der Waals surface area contributed by atoms with Gasteiger partial charge in [-0.15, -0.1) is 0 Å². The summed E-state index contributed by atoms with van der Waals surface area (Å²) in [7, 11) is 1.55. The van der Waals surface area contributed by atoms with Crippen LogP contribution in [-0.4, -0.2) is 31.5 Å². The SMILES string of the molecule is COc1ccc(CC(=O)OCC(=O)NNC(=O)c2ccccc2)cc1. The third-order valence-corrected chi connectivity index (χ3v) is 3.22. The van der Waals surface area contributed by atoms with Gasteiger partial charge in [-0.3, -0.25) is 25.2 Å². The van der Waals surface area contributed by atoms with Crippen LogP contribution in [0.1, 0.15) is 15.9 Å². The smallest absolute Gasteiger partial charge is 0.310 e. The zero-order valence-corrected chi connectivity index (χ0v) is 13.7. The maximum absolute atomic E-state index is 11.7. The van der Waals surface area contributed by atoms with Crippen molar-refractivity contribution < 1.29 is 23.9 Å². The van der Waals surface area contributed by atoms with Gasteiger partial charge in [-0.25, -0.2) is 0 Å². The molecule has 0 saturated heterocycles. The number of amides is 2. The molecule has 2 aromatic rings. The lowest BCUT2D eigenvalue weighted by Crippen LogP contribution is -2.43. The van der Waals surface area contributed by atoms with E-state index in [0.717, 1.165) is 5.56 Å².